The second-order valence-electron chi connectivity index (χ2n) is 5.50. The summed E-state index contributed by atoms with van der Waals surface area (Å²) in [5.74, 6) is 2.64. The number of anilines is 2. The van der Waals surface area contributed by atoms with Crippen LogP contribution in [0.25, 0.3) is 0 Å². The van der Waals surface area contributed by atoms with Gasteiger partial charge >= 0.3 is 0 Å². The molecule has 20 heavy (non-hydrogen) atoms. The number of halogens is 2. The van der Waals surface area contributed by atoms with Crippen molar-refractivity contribution in [3.8, 4) is 0 Å². The lowest BCUT2D eigenvalue weighted by molar-refractivity contribution is 0.635. The minimum atomic E-state index is 0.318. The number of aromatic nitrogens is 1. The summed E-state index contributed by atoms with van der Waals surface area (Å²) in [7, 11) is 0. The van der Waals surface area contributed by atoms with E-state index in [-0.39, 0.29) is 0 Å². The van der Waals surface area contributed by atoms with Gasteiger partial charge in [-0.15, -0.1) is 0 Å². The standard InChI is InChI=1S/C14H21Cl2N3S/c1-4-17-12-10(15)9-11(16)13(18-12)19-6-5-14(2,3)20-8-7-19/h9H,4-8H2,1-3H3,(H,17,18). The maximum Gasteiger partial charge on any atom is 0.149 e. The predicted molar refractivity (Wildman–Crippen MR) is 91.8 cm³/mol. The molecule has 1 N–H and O–H groups in total. The molecule has 2 rings (SSSR count). The second-order valence-corrected chi connectivity index (χ2v) is 8.12. The van der Waals surface area contributed by atoms with E-state index in [4.69, 9.17) is 23.2 Å². The van der Waals surface area contributed by atoms with E-state index < -0.39 is 0 Å². The Balaban J connectivity index is 2.25. The van der Waals surface area contributed by atoms with Gasteiger partial charge < -0.3 is 10.2 Å². The molecule has 0 radical (unpaired) electrons. The number of rotatable bonds is 3. The van der Waals surface area contributed by atoms with Crippen LogP contribution in [0.5, 0.6) is 0 Å². The second kappa shape index (κ2) is 6.63. The van der Waals surface area contributed by atoms with Gasteiger partial charge in [0.05, 0.1) is 10.0 Å². The fraction of sp³-hybridized carbons (Fsp3) is 0.643. The van der Waals surface area contributed by atoms with Crippen LogP contribution in [0.3, 0.4) is 0 Å². The third-order valence-corrected chi connectivity index (χ3v) is 5.33. The SMILES string of the molecule is CCNc1nc(N2CCSC(C)(C)CC2)c(Cl)cc1Cl. The molecule has 0 bridgehead atoms. The van der Waals surface area contributed by atoms with Gasteiger partial charge in [-0.1, -0.05) is 37.0 Å². The molecule has 1 aliphatic rings. The largest absolute Gasteiger partial charge is 0.369 e. The zero-order valence-electron chi connectivity index (χ0n) is 12.2. The van der Waals surface area contributed by atoms with Gasteiger partial charge in [-0.2, -0.15) is 11.8 Å². The summed E-state index contributed by atoms with van der Waals surface area (Å²) in [4.78, 5) is 6.88. The fourth-order valence-corrected chi connectivity index (χ4v) is 3.85. The summed E-state index contributed by atoms with van der Waals surface area (Å²) in [5.41, 5.74) is 0. The third-order valence-electron chi connectivity index (χ3n) is 3.39. The van der Waals surface area contributed by atoms with Crippen LogP contribution in [-0.4, -0.2) is 35.1 Å². The van der Waals surface area contributed by atoms with Crippen molar-refractivity contribution in [2.24, 2.45) is 0 Å². The van der Waals surface area contributed by atoms with Crippen molar-refractivity contribution >= 4 is 46.6 Å². The lowest BCUT2D eigenvalue weighted by atomic mass is 10.1. The van der Waals surface area contributed by atoms with Gasteiger partial charge in [0.25, 0.3) is 0 Å². The van der Waals surface area contributed by atoms with Gasteiger partial charge in [-0.05, 0) is 19.4 Å². The van der Waals surface area contributed by atoms with Crippen LogP contribution in [0.1, 0.15) is 27.2 Å². The molecule has 6 heteroatoms. The van der Waals surface area contributed by atoms with E-state index in [9.17, 15) is 0 Å². The molecule has 1 aromatic heterocycles. The molecule has 1 aromatic rings. The van der Waals surface area contributed by atoms with Gasteiger partial charge in [0.15, 0.2) is 0 Å². The van der Waals surface area contributed by atoms with Crippen LogP contribution in [0.15, 0.2) is 6.07 Å². The minimum Gasteiger partial charge on any atom is -0.369 e. The highest BCUT2D eigenvalue weighted by molar-refractivity contribution is 8.00. The smallest absolute Gasteiger partial charge is 0.149 e. The molecule has 0 atom stereocenters. The van der Waals surface area contributed by atoms with Crippen LogP contribution >= 0.6 is 35.0 Å². The van der Waals surface area contributed by atoms with Crippen LogP contribution in [0.4, 0.5) is 11.6 Å². The van der Waals surface area contributed by atoms with E-state index in [1.165, 1.54) is 0 Å². The maximum atomic E-state index is 6.34. The first-order valence-electron chi connectivity index (χ1n) is 6.92. The summed E-state index contributed by atoms with van der Waals surface area (Å²) in [6.07, 6.45) is 1.12. The fourth-order valence-electron chi connectivity index (χ4n) is 2.20. The van der Waals surface area contributed by atoms with Crippen LogP contribution < -0.4 is 10.2 Å². The molecule has 0 aromatic carbocycles. The Morgan fingerprint density at radius 3 is 2.80 bits per heavy atom. The Labute approximate surface area is 135 Å². The molecule has 0 aliphatic carbocycles. The van der Waals surface area contributed by atoms with E-state index in [1.807, 2.05) is 18.7 Å². The van der Waals surface area contributed by atoms with E-state index >= 15 is 0 Å². The molecular formula is C14H21Cl2N3S. The first-order chi connectivity index (χ1) is 9.43. The lowest BCUT2D eigenvalue weighted by Crippen LogP contribution is -2.28. The van der Waals surface area contributed by atoms with E-state index in [2.05, 4.69) is 29.0 Å². The highest BCUT2D eigenvalue weighted by Gasteiger charge is 2.25. The van der Waals surface area contributed by atoms with Crippen molar-refractivity contribution in [1.29, 1.82) is 0 Å². The highest BCUT2D eigenvalue weighted by Crippen LogP contribution is 2.36. The molecule has 0 spiro atoms. The van der Waals surface area contributed by atoms with Crippen LogP contribution in [-0.2, 0) is 0 Å². The van der Waals surface area contributed by atoms with Crippen molar-refractivity contribution in [3.63, 3.8) is 0 Å². The van der Waals surface area contributed by atoms with E-state index in [1.54, 1.807) is 6.07 Å². The average Bonchev–Trinajstić information content (AvgIpc) is 2.54. The van der Waals surface area contributed by atoms with E-state index in [0.717, 1.165) is 37.6 Å². The zero-order chi connectivity index (χ0) is 14.8. The monoisotopic (exact) mass is 333 g/mol. The van der Waals surface area contributed by atoms with Gasteiger partial charge in [-0.3, -0.25) is 0 Å². The number of thioether (sulfide) groups is 1. The summed E-state index contributed by atoms with van der Waals surface area (Å²) in [6, 6.07) is 1.78. The van der Waals surface area contributed by atoms with Crippen LogP contribution in [0.2, 0.25) is 10.0 Å². The van der Waals surface area contributed by atoms with Crippen molar-refractivity contribution in [2.75, 3.05) is 35.6 Å². The van der Waals surface area contributed by atoms with Crippen molar-refractivity contribution in [2.45, 2.75) is 31.9 Å². The first-order valence-corrected chi connectivity index (χ1v) is 8.66. The maximum absolute atomic E-state index is 6.34. The Bertz CT molecular complexity index is 480. The third kappa shape index (κ3) is 3.86. The Morgan fingerprint density at radius 2 is 2.10 bits per heavy atom. The number of hydrogen-bond acceptors (Lipinski definition) is 4. The quantitative estimate of drug-likeness (QED) is 0.878. The highest BCUT2D eigenvalue weighted by atomic mass is 35.5. The van der Waals surface area contributed by atoms with Crippen molar-refractivity contribution in [1.82, 2.24) is 4.98 Å². The Morgan fingerprint density at radius 1 is 1.35 bits per heavy atom. The summed E-state index contributed by atoms with van der Waals surface area (Å²) < 4.78 is 0.318. The minimum absolute atomic E-state index is 0.318. The first kappa shape index (κ1) is 16.1. The molecule has 1 aliphatic heterocycles. The zero-order valence-corrected chi connectivity index (χ0v) is 14.5. The number of nitrogens with zero attached hydrogens (tertiary/aromatic N) is 2. The normalized spacial score (nSPS) is 18.8. The Hall–Kier alpha value is -0.320. The number of nitrogens with one attached hydrogen (secondary N) is 1. The van der Waals surface area contributed by atoms with Gasteiger partial charge in [0.2, 0.25) is 0 Å². The van der Waals surface area contributed by atoms with Crippen molar-refractivity contribution in [3.05, 3.63) is 16.1 Å². The molecule has 0 unspecified atom stereocenters. The van der Waals surface area contributed by atoms with Gasteiger partial charge in [-0.25, -0.2) is 4.98 Å². The van der Waals surface area contributed by atoms with E-state index in [0.29, 0.717) is 20.6 Å². The Kier molecular flexibility index (Phi) is 5.32. The van der Waals surface area contributed by atoms with Gasteiger partial charge in [0, 0.05) is 30.1 Å². The number of pyridine rings is 1. The molecular weight excluding hydrogens is 313 g/mol. The molecule has 2 heterocycles. The van der Waals surface area contributed by atoms with Gasteiger partial charge in [0.1, 0.15) is 11.6 Å². The average molecular weight is 334 g/mol. The van der Waals surface area contributed by atoms with Crippen molar-refractivity contribution < 1.29 is 0 Å². The lowest BCUT2D eigenvalue weighted by Gasteiger charge is -2.24. The molecule has 112 valence electrons. The topological polar surface area (TPSA) is 28.2 Å². The summed E-state index contributed by atoms with van der Waals surface area (Å²) in [6.45, 7) is 9.34. The van der Waals surface area contributed by atoms with Crippen LogP contribution in [0, 0.1) is 0 Å². The molecule has 1 fully saturated rings. The summed E-state index contributed by atoms with van der Waals surface area (Å²) >= 11 is 14.5. The number of hydrogen-bond donors (Lipinski definition) is 1. The predicted octanol–water partition coefficient (Wildman–Crippen LogP) is 4.54. The summed E-state index contributed by atoms with van der Waals surface area (Å²) in [5, 5.41) is 4.38. The molecule has 3 nitrogen and oxygen atoms in total. The molecule has 1 saturated heterocycles. The molecule has 0 saturated carbocycles. The molecule has 0 amide bonds.